The van der Waals surface area contributed by atoms with Gasteiger partial charge in [0, 0.05) is 26.8 Å². The van der Waals surface area contributed by atoms with E-state index in [0.717, 1.165) is 30.6 Å². The average molecular weight is 305 g/mol. The van der Waals surface area contributed by atoms with Gasteiger partial charge in [0.05, 0.1) is 18.4 Å². The molecule has 0 saturated heterocycles. The van der Waals surface area contributed by atoms with Crippen molar-refractivity contribution >= 4 is 23.3 Å². The lowest BCUT2D eigenvalue weighted by Gasteiger charge is -2.40. The molecule has 6 heteroatoms. The van der Waals surface area contributed by atoms with Crippen molar-refractivity contribution in [2.24, 2.45) is 0 Å². The molecule has 2 N–H and O–H groups in total. The van der Waals surface area contributed by atoms with Crippen LogP contribution in [-0.4, -0.2) is 45.7 Å². The van der Waals surface area contributed by atoms with Gasteiger partial charge in [-0.3, -0.25) is 4.79 Å². The Balaban J connectivity index is 2.31. The summed E-state index contributed by atoms with van der Waals surface area (Å²) in [6, 6.07) is 5.47. The molecule has 0 heterocycles. The molecule has 22 heavy (non-hydrogen) atoms. The van der Waals surface area contributed by atoms with E-state index in [1.807, 2.05) is 31.1 Å². The first kappa shape index (κ1) is 16.1. The molecule has 1 aliphatic rings. The van der Waals surface area contributed by atoms with Crippen molar-refractivity contribution in [1.29, 1.82) is 0 Å². The number of esters is 1. The highest BCUT2D eigenvalue weighted by Gasteiger charge is 2.45. The fourth-order valence-electron chi connectivity index (χ4n) is 2.69. The van der Waals surface area contributed by atoms with Gasteiger partial charge in [-0.2, -0.15) is 0 Å². The summed E-state index contributed by atoms with van der Waals surface area (Å²) < 4.78 is 4.91. The summed E-state index contributed by atoms with van der Waals surface area (Å²) >= 11 is 0. The van der Waals surface area contributed by atoms with Crippen molar-refractivity contribution in [3.63, 3.8) is 0 Å². The van der Waals surface area contributed by atoms with Crippen LogP contribution in [0, 0.1) is 0 Å². The van der Waals surface area contributed by atoms with Crippen LogP contribution in [0.15, 0.2) is 18.2 Å². The molecule has 0 aromatic heterocycles. The minimum Gasteiger partial charge on any atom is -0.467 e. The molecular formula is C16H23N3O3. The van der Waals surface area contributed by atoms with Gasteiger partial charge in [0.2, 0.25) is 0 Å². The second kappa shape index (κ2) is 6.25. The molecule has 1 saturated carbocycles. The number of hydrogen-bond acceptors (Lipinski definition) is 5. The first-order chi connectivity index (χ1) is 10.4. The molecule has 6 nitrogen and oxygen atoms in total. The molecule has 0 spiro atoms. The summed E-state index contributed by atoms with van der Waals surface area (Å²) in [5.74, 6) is -0.373. The molecule has 1 aromatic rings. The number of carbonyl (C=O) groups excluding carboxylic acids is 2. The van der Waals surface area contributed by atoms with Crippen molar-refractivity contribution in [2.45, 2.75) is 24.8 Å². The van der Waals surface area contributed by atoms with E-state index in [1.165, 1.54) is 7.11 Å². The maximum Gasteiger partial charge on any atom is 0.331 e. The Morgan fingerprint density at radius 1 is 1.27 bits per heavy atom. The second-order valence-corrected chi connectivity index (χ2v) is 5.76. The highest BCUT2D eigenvalue weighted by atomic mass is 16.5. The Morgan fingerprint density at radius 2 is 1.95 bits per heavy atom. The molecule has 0 bridgehead atoms. The third-order valence-corrected chi connectivity index (χ3v) is 4.12. The average Bonchev–Trinajstić information content (AvgIpc) is 2.49. The number of methoxy groups -OCH3 is 1. The van der Waals surface area contributed by atoms with Crippen LogP contribution in [0.2, 0.25) is 0 Å². The summed E-state index contributed by atoms with van der Waals surface area (Å²) in [6.45, 7) is 0. The molecule has 120 valence electrons. The summed E-state index contributed by atoms with van der Waals surface area (Å²) in [5.41, 5.74) is 1.57. The van der Waals surface area contributed by atoms with Crippen LogP contribution in [0.5, 0.6) is 0 Å². The zero-order valence-corrected chi connectivity index (χ0v) is 13.5. The number of anilines is 2. The van der Waals surface area contributed by atoms with Crippen LogP contribution >= 0.6 is 0 Å². The van der Waals surface area contributed by atoms with Gasteiger partial charge in [-0.05, 0) is 37.5 Å². The standard InChI is InChI=1S/C16H23N3O3/c1-17-14(20)12-7-6-11(10-13(12)19(2)3)18-16(8-5-9-16)15(21)22-4/h6-7,10,18H,5,8-9H2,1-4H3,(H,17,20). The Morgan fingerprint density at radius 3 is 2.41 bits per heavy atom. The van der Waals surface area contributed by atoms with Gasteiger partial charge in [-0.1, -0.05) is 0 Å². The van der Waals surface area contributed by atoms with Crippen LogP contribution in [0.25, 0.3) is 0 Å². The monoisotopic (exact) mass is 305 g/mol. The molecule has 1 aromatic carbocycles. The molecule has 2 rings (SSSR count). The number of carbonyl (C=O) groups is 2. The van der Waals surface area contributed by atoms with E-state index in [2.05, 4.69) is 10.6 Å². The van der Waals surface area contributed by atoms with Gasteiger partial charge in [0.25, 0.3) is 5.91 Å². The topological polar surface area (TPSA) is 70.7 Å². The van der Waals surface area contributed by atoms with Crippen LogP contribution < -0.4 is 15.5 Å². The lowest BCUT2D eigenvalue weighted by atomic mass is 9.76. The van der Waals surface area contributed by atoms with Crippen molar-refractivity contribution in [3.05, 3.63) is 23.8 Å². The lowest BCUT2D eigenvalue weighted by molar-refractivity contribution is -0.149. The van der Waals surface area contributed by atoms with Gasteiger partial charge >= 0.3 is 5.97 Å². The van der Waals surface area contributed by atoms with Gasteiger partial charge in [-0.25, -0.2) is 4.79 Å². The van der Waals surface area contributed by atoms with Gasteiger partial charge in [0.1, 0.15) is 5.54 Å². The Hall–Kier alpha value is -2.24. The zero-order chi connectivity index (χ0) is 16.3. The lowest BCUT2D eigenvalue weighted by Crippen LogP contribution is -2.52. The number of amides is 1. The van der Waals surface area contributed by atoms with Crippen LogP contribution in [0.3, 0.4) is 0 Å². The van der Waals surface area contributed by atoms with E-state index < -0.39 is 5.54 Å². The number of nitrogens with one attached hydrogen (secondary N) is 2. The Bertz CT molecular complexity index is 580. The highest BCUT2D eigenvalue weighted by Crippen LogP contribution is 2.37. The normalized spacial score (nSPS) is 15.5. The first-order valence-corrected chi connectivity index (χ1v) is 7.33. The van der Waals surface area contributed by atoms with Gasteiger partial charge < -0.3 is 20.3 Å². The molecule has 0 radical (unpaired) electrons. The maximum atomic E-state index is 12.0. The molecule has 0 unspecified atom stereocenters. The van der Waals surface area contributed by atoms with Crippen LogP contribution in [0.1, 0.15) is 29.6 Å². The van der Waals surface area contributed by atoms with Gasteiger partial charge in [-0.15, -0.1) is 0 Å². The zero-order valence-electron chi connectivity index (χ0n) is 13.5. The highest BCUT2D eigenvalue weighted by molar-refractivity contribution is 6.00. The van der Waals surface area contributed by atoms with E-state index in [9.17, 15) is 9.59 Å². The number of hydrogen-bond donors (Lipinski definition) is 2. The van der Waals surface area contributed by atoms with E-state index in [4.69, 9.17) is 4.74 Å². The molecule has 1 aliphatic carbocycles. The first-order valence-electron chi connectivity index (χ1n) is 7.33. The molecular weight excluding hydrogens is 282 g/mol. The van der Waals surface area contributed by atoms with E-state index in [0.29, 0.717) is 5.56 Å². The largest absolute Gasteiger partial charge is 0.467 e. The summed E-state index contributed by atoms with van der Waals surface area (Å²) in [7, 11) is 6.77. The Kier molecular flexibility index (Phi) is 4.59. The Labute approximate surface area is 130 Å². The molecule has 0 atom stereocenters. The van der Waals surface area contributed by atoms with E-state index in [1.54, 1.807) is 13.1 Å². The van der Waals surface area contributed by atoms with Crippen molar-refractivity contribution in [3.8, 4) is 0 Å². The number of ether oxygens (including phenoxy) is 1. The maximum absolute atomic E-state index is 12.0. The fraction of sp³-hybridized carbons (Fsp3) is 0.500. The number of rotatable bonds is 5. The second-order valence-electron chi connectivity index (χ2n) is 5.76. The fourth-order valence-corrected chi connectivity index (χ4v) is 2.69. The molecule has 1 fully saturated rings. The summed E-state index contributed by atoms with van der Waals surface area (Å²) in [4.78, 5) is 25.8. The van der Waals surface area contributed by atoms with Crippen molar-refractivity contribution in [2.75, 3.05) is 38.5 Å². The number of nitrogens with zero attached hydrogens (tertiary/aromatic N) is 1. The third kappa shape index (κ3) is 2.86. The van der Waals surface area contributed by atoms with Crippen molar-refractivity contribution < 1.29 is 14.3 Å². The van der Waals surface area contributed by atoms with E-state index in [-0.39, 0.29) is 11.9 Å². The molecule has 1 amide bonds. The van der Waals surface area contributed by atoms with E-state index >= 15 is 0 Å². The SMILES string of the molecule is CNC(=O)c1ccc(NC2(C(=O)OC)CCC2)cc1N(C)C. The smallest absolute Gasteiger partial charge is 0.331 e. The van der Waals surface area contributed by atoms with Crippen molar-refractivity contribution in [1.82, 2.24) is 5.32 Å². The third-order valence-electron chi connectivity index (χ3n) is 4.12. The number of benzene rings is 1. The summed E-state index contributed by atoms with van der Waals surface area (Å²) in [5, 5.41) is 5.92. The van der Waals surface area contributed by atoms with Gasteiger partial charge in [0.15, 0.2) is 0 Å². The predicted molar refractivity (Wildman–Crippen MR) is 86.4 cm³/mol. The molecule has 0 aliphatic heterocycles. The minimum absolute atomic E-state index is 0.137. The van der Waals surface area contributed by atoms with Crippen LogP contribution in [-0.2, 0) is 9.53 Å². The quantitative estimate of drug-likeness (QED) is 0.809. The summed E-state index contributed by atoms with van der Waals surface area (Å²) in [6.07, 6.45) is 2.52. The van der Waals surface area contributed by atoms with Crippen LogP contribution in [0.4, 0.5) is 11.4 Å². The predicted octanol–water partition coefficient (Wildman–Crippen LogP) is 1.62. The minimum atomic E-state index is -0.632.